The summed E-state index contributed by atoms with van der Waals surface area (Å²) in [7, 11) is 0. The van der Waals surface area contributed by atoms with Crippen LogP contribution < -0.4 is 14.8 Å². The zero-order valence-electron chi connectivity index (χ0n) is 17.6. The molecule has 1 saturated heterocycles. The van der Waals surface area contributed by atoms with Crippen LogP contribution in [0.5, 0.6) is 11.5 Å². The largest absolute Gasteiger partial charge is 0.486 e. The van der Waals surface area contributed by atoms with Gasteiger partial charge in [0.2, 0.25) is 0 Å². The third-order valence-electron chi connectivity index (χ3n) is 4.65. The van der Waals surface area contributed by atoms with E-state index < -0.39 is 17.5 Å². The van der Waals surface area contributed by atoms with E-state index in [1.165, 1.54) is 0 Å². The summed E-state index contributed by atoms with van der Waals surface area (Å²) in [5.74, 6) is -0.0237. The van der Waals surface area contributed by atoms with Crippen LogP contribution in [0, 0.1) is 5.92 Å². The Kier molecular flexibility index (Phi) is 6.69. The number of piperidine rings is 1. The van der Waals surface area contributed by atoms with Gasteiger partial charge < -0.3 is 29.2 Å². The second-order valence-corrected chi connectivity index (χ2v) is 8.26. The maximum atomic E-state index is 12.3. The summed E-state index contributed by atoms with van der Waals surface area (Å²) in [5, 5.41) is 2.67. The van der Waals surface area contributed by atoms with Crippen molar-refractivity contribution in [1.82, 2.24) is 4.90 Å². The number of benzene rings is 1. The molecule has 0 bridgehead atoms. The van der Waals surface area contributed by atoms with E-state index >= 15 is 0 Å². The molecule has 0 aromatic heterocycles. The minimum Gasteiger partial charge on any atom is -0.486 e. The molecule has 2 heterocycles. The molecular formula is C21H28N2O7. The molecule has 1 aromatic carbocycles. The third-order valence-corrected chi connectivity index (χ3v) is 4.65. The van der Waals surface area contributed by atoms with Gasteiger partial charge in [0.15, 0.2) is 18.1 Å². The maximum Gasteiger partial charge on any atom is 0.410 e. The molecule has 2 aliphatic rings. The zero-order valence-corrected chi connectivity index (χ0v) is 17.6. The Morgan fingerprint density at radius 3 is 2.43 bits per heavy atom. The highest BCUT2D eigenvalue weighted by molar-refractivity contribution is 5.93. The fraction of sp³-hybridized carbons (Fsp3) is 0.571. The number of hydrogen-bond donors (Lipinski definition) is 1. The first kappa shape index (κ1) is 21.7. The van der Waals surface area contributed by atoms with Gasteiger partial charge in [-0.1, -0.05) is 0 Å². The molecule has 0 atom stereocenters. The van der Waals surface area contributed by atoms with Gasteiger partial charge in [-0.25, -0.2) is 4.79 Å². The quantitative estimate of drug-likeness (QED) is 0.747. The standard InChI is InChI=1S/C21H28N2O7/c1-21(2,3)30-20(26)23-8-6-14(7-9-23)19(25)29-13-18(24)22-15-4-5-16-17(12-15)28-11-10-27-16/h4-5,12,14H,6-11,13H2,1-3H3,(H,22,24). The summed E-state index contributed by atoms with van der Waals surface area (Å²) < 4.78 is 21.4. The molecule has 0 unspecified atom stereocenters. The normalized spacial score (nSPS) is 16.6. The second kappa shape index (κ2) is 9.23. The van der Waals surface area contributed by atoms with Gasteiger partial charge >= 0.3 is 12.1 Å². The minimum absolute atomic E-state index is 0.342. The van der Waals surface area contributed by atoms with Gasteiger partial charge in [-0.15, -0.1) is 0 Å². The van der Waals surface area contributed by atoms with Crippen molar-refractivity contribution in [3.05, 3.63) is 18.2 Å². The van der Waals surface area contributed by atoms with E-state index in [4.69, 9.17) is 18.9 Å². The van der Waals surface area contributed by atoms with Crippen LogP contribution in [0.1, 0.15) is 33.6 Å². The van der Waals surface area contributed by atoms with Gasteiger partial charge in [0, 0.05) is 24.8 Å². The first-order chi connectivity index (χ1) is 14.2. The molecule has 0 radical (unpaired) electrons. The Balaban J connectivity index is 1.40. The number of esters is 1. The maximum absolute atomic E-state index is 12.3. The molecule has 30 heavy (non-hydrogen) atoms. The molecule has 0 saturated carbocycles. The highest BCUT2D eigenvalue weighted by atomic mass is 16.6. The Morgan fingerprint density at radius 1 is 1.10 bits per heavy atom. The number of ether oxygens (including phenoxy) is 4. The molecule has 2 aliphatic heterocycles. The average molecular weight is 420 g/mol. The lowest BCUT2D eigenvalue weighted by Crippen LogP contribution is -2.43. The van der Waals surface area contributed by atoms with Gasteiger partial charge in [-0.2, -0.15) is 0 Å². The second-order valence-electron chi connectivity index (χ2n) is 8.26. The van der Waals surface area contributed by atoms with E-state index in [9.17, 15) is 14.4 Å². The molecule has 2 amide bonds. The summed E-state index contributed by atoms with van der Waals surface area (Å²) in [4.78, 5) is 38.1. The Bertz CT molecular complexity index is 795. The number of nitrogens with zero attached hydrogens (tertiary/aromatic N) is 1. The van der Waals surface area contributed by atoms with Crippen molar-refractivity contribution in [2.24, 2.45) is 5.92 Å². The minimum atomic E-state index is -0.558. The molecule has 1 aromatic rings. The molecule has 1 fully saturated rings. The fourth-order valence-corrected chi connectivity index (χ4v) is 3.20. The molecule has 0 spiro atoms. The monoisotopic (exact) mass is 420 g/mol. The molecule has 1 N–H and O–H groups in total. The van der Waals surface area contributed by atoms with Crippen LogP contribution in [0.2, 0.25) is 0 Å². The van der Waals surface area contributed by atoms with Crippen molar-refractivity contribution in [1.29, 1.82) is 0 Å². The number of hydrogen-bond acceptors (Lipinski definition) is 7. The third kappa shape index (κ3) is 6.01. The van der Waals surface area contributed by atoms with Crippen LogP contribution in [0.25, 0.3) is 0 Å². The van der Waals surface area contributed by atoms with Crippen LogP contribution in [0.15, 0.2) is 18.2 Å². The van der Waals surface area contributed by atoms with Crippen molar-refractivity contribution in [3.63, 3.8) is 0 Å². The van der Waals surface area contributed by atoms with Crippen molar-refractivity contribution in [3.8, 4) is 11.5 Å². The summed E-state index contributed by atoms with van der Waals surface area (Å²) in [6.07, 6.45) is 0.567. The lowest BCUT2D eigenvalue weighted by Gasteiger charge is -2.32. The fourth-order valence-electron chi connectivity index (χ4n) is 3.20. The van der Waals surface area contributed by atoms with E-state index in [0.717, 1.165) is 0 Å². The smallest absolute Gasteiger partial charge is 0.410 e. The SMILES string of the molecule is CC(C)(C)OC(=O)N1CCC(C(=O)OCC(=O)Nc2ccc3c(c2)OCCO3)CC1. The average Bonchev–Trinajstić information content (AvgIpc) is 2.71. The number of anilines is 1. The molecule has 3 rings (SSSR count). The van der Waals surface area contributed by atoms with Gasteiger partial charge in [0.25, 0.3) is 5.91 Å². The van der Waals surface area contributed by atoms with Crippen LogP contribution in [0.3, 0.4) is 0 Å². The molecular weight excluding hydrogens is 392 g/mol. The lowest BCUT2D eigenvalue weighted by atomic mass is 9.97. The molecule has 164 valence electrons. The van der Waals surface area contributed by atoms with Gasteiger partial charge in [-0.3, -0.25) is 9.59 Å². The molecule has 0 aliphatic carbocycles. The van der Waals surface area contributed by atoms with E-state index in [1.807, 2.05) is 20.8 Å². The summed E-state index contributed by atoms with van der Waals surface area (Å²) in [5.41, 5.74) is -0.0248. The van der Waals surface area contributed by atoms with Gasteiger partial charge in [-0.05, 0) is 45.7 Å². The van der Waals surface area contributed by atoms with E-state index in [2.05, 4.69) is 5.32 Å². The predicted octanol–water partition coefficient (Wildman–Crippen LogP) is 2.59. The number of likely N-dealkylation sites (tertiary alicyclic amines) is 1. The zero-order chi connectivity index (χ0) is 21.7. The van der Waals surface area contributed by atoms with Crippen LogP contribution in [-0.2, 0) is 19.1 Å². The molecule has 9 heteroatoms. The number of fused-ring (bicyclic) bond motifs is 1. The Hall–Kier alpha value is -2.97. The predicted molar refractivity (Wildman–Crippen MR) is 108 cm³/mol. The van der Waals surface area contributed by atoms with Gasteiger partial charge in [0.1, 0.15) is 18.8 Å². The Labute approximate surface area is 175 Å². The van der Waals surface area contributed by atoms with E-state index in [1.54, 1.807) is 23.1 Å². The van der Waals surface area contributed by atoms with E-state index in [0.29, 0.717) is 56.3 Å². The lowest BCUT2D eigenvalue weighted by molar-refractivity contribution is -0.153. The van der Waals surface area contributed by atoms with Crippen LogP contribution >= 0.6 is 0 Å². The summed E-state index contributed by atoms with van der Waals surface area (Å²) >= 11 is 0. The number of amides is 2. The first-order valence-electron chi connectivity index (χ1n) is 10.1. The first-order valence-corrected chi connectivity index (χ1v) is 10.1. The Morgan fingerprint density at radius 2 is 1.77 bits per heavy atom. The highest BCUT2D eigenvalue weighted by Gasteiger charge is 2.31. The number of nitrogens with one attached hydrogen (secondary N) is 1. The number of carbonyl (C=O) groups excluding carboxylic acids is 3. The summed E-state index contributed by atoms with van der Waals surface area (Å²) in [6, 6.07) is 5.08. The number of carbonyl (C=O) groups is 3. The van der Waals surface area contributed by atoms with Crippen molar-refractivity contribution in [2.75, 3.05) is 38.2 Å². The van der Waals surface area contributed by atoms with Gasteiger partial charge in [0.05, 0.1) is 5.92 Å². The highest BCUT2D eigenvalue weighted by Crippen LogP contribution is 2.32. The van der Waals surface area contributed by atoms with Crippen LogP contribution in [0.4, 0.5) is 10.5 Å². The van der Waals surface area contributed by atoms with Crippen LogP contribution in [-0.4, -0.2) is 61.4 Å². The van der Waals surface area contributed by atoms with Crippen molar-refractivity contribution >= 4 is 23.7 Å². The topological polar surface area (TPSA) is 103 Å². The van der Waals surface area contributed by atoms with Crippen molar-refractivity contribution in [2.45, 2.75) is 39.2 Å². The van der Waals surface area contributed by atoms with E-state index in [-0.39, 0.29) is 18.6 Å². The summed E-state index contributed by atoms with van der Waals surface area (Å²) in [6.45, 7) is 6.83. The van der Waals surface area contributed by atoms with Crippen molar-refractivity contribution < 1.29 is 33.3 Å². The molecule has 9 nitrogen and oxygen atoms in total. The number of rotatable bonds is 4.